The number of nitrogens with zero attached hydrogens (tertiary/aromatic N) is 3. The van der Waals surface area contributed by atoms with Crippen LogP contribution in [0.15, 0.2) is 42.7 Å². The minimum absolute atomic E-state index is 0.225. The van der Waals surface area contributed by atoms with Crippen molar-refractivity contribution in [2.75, 3.05) is 13.1 Å². The van der Waals surface area contributed by atoms with Gasteiger partial charge in [-0.2, -0.15) is 5.10 Å². The lowest BCUT2D eigenvalue weighted by molar-refractivity contribution is -0.122. The number of hydrogen-bond donors (Lipinski definition) is 2. The molecule has 3 aromatic rings. The van der Waals surface area contributed by atoms with Crippen LogP contribution in [0.5, 0.6) is 0 Å². The Kier molecular flexibility index (Phi) is 4.20. The number of hydrogen-bond acceptors (Lipinski definition) is 3. The molecule has 0 unspecified atom stereocenters. The number of H-pyrrole nitrogens is 1. The van der Waals surface area contributed by atoms with Gasteiger partial charge in [-0.1, -0.05) is 12.1 Å². The lowest BCUT2D eigenvalue weighted by atomic mass is 10.1. The summed E-state index contributed by atoms with van der Waals surface area (Å²) in [4.78, 5) is 17.7. The predicted octanol–water partition coefficient (Wildman–Crippen LogP) is 2.84. The molecule has 1 amide bonds. The highest BCUT2D eigenvalue weighted by Gasteiger charge is 2.30. The Bertz CT molecular complexity index is 954. The van der Waals surface area contributed by atoms with Gasteiger partial charge in [0.05, 0.1) is 11.7 Å². The summed E-state index contributed by atoms with van der Waals surface area (Å²) in [5, 5.41) is 8.93. The lowest BCUT2D eigenvalue weighted by Crippen LogP contribution is -2.39. The van der Waals surface area contributed by atoms with Gasteiger partial charge in [0.2, 0.25) is 5.91 Å². The summed E-state index contributed by atoms with van der Waals surface area (Å²) in [5.74, 6) is 0.498. The van der Waals surface area contributed by atoms with E-state index in [1.807, 2.05) is 12.4 Å². The van der Waals surface area contributed by atoms with Gasteiger partial charge >= 0.3 is 0 Å². The Balaban J connectivity index is 1.28. The van der Waals surface area contributed by atoms with Crippen LogP contribution in [0, 0.1) is 5.92 Å². The second kappa shape index (κ2) is 6.85. The van der Waals surface area contributed by atoms with E-state index in [2.05, 4.69) is 55.3 Å². The van der Waals surface area contributed by atoms with Gasteiger partial charge in [-0.25, -0.2) is 0 Å². The molecule has 1 aromatic carbocycles. The zero-order valence-corrected chi connectivity index (χ0v) is 15.4. The minimum atomic E-state index is 0.225. The molecule has 27 heavy (non-hydrogen) atoms. The summed E-state index contributed by atoms with van der Waals surface area (Å²) in [6.07, 6.45) is 6.92. The van der Waals surface area contributed by atoms with E-state index in [4.69, 9.17) is 0 Å². The predicted molar refractivity (Wildman–Crippen MR) is 104 cm³/mol. The number of fused-ring (bicyclic) bond motifs is 2. The summed E-state index contributed by atoms with van der Waals surface area (Å²) >= 11 is 0. The third-order valence-electron chi connectivity index (χ3n) is 5.76. The van der Waals surface area contributed by atoms with E-state index in [9.17, 15) is 4.79 Å². The summed E-state index contributed by atoms with van der Waals surface area (Å²) < 4.78 is 2.15. The van der Waals surface area contributed by atoms with Crippen molar-refractivity contribution in [2.24, 2.45) is 5.92 Å². The molecule has 2 aromatic heterocycles. The molecular formula is C21H25N5O. The molecule has 6 heteroatoms. The van der Waals surface area contributed by atoms with Crippen molar-refractivity contribution >= 4 is 16.8 Å². The monoisotopic (exact) mass is 363 g/mol. The average Bonchev–Trinajstić information content (AvgIpc) is 3.21. The molecular weight excluding hydrogens is 338 g/mol. The largest absolute Gasteiger partial charge is 0.361 e. The molecule has 6 nitrogen and oxygen atoms in total. The van der Waals surface area contributed by atoms with Crippen LogP contribution in [0.4, 0.5) is 0 Å². The molecule has 0 radical (unpaired) electrons. The van der Waals surface area contributed by atoms with Gasteiger partial charge < -0.3 is 10.3 Å². The Hall–Kier alpha value is -2.60. The highest BCUT2D eigenvalue weighted by Crippen LogP contribution is 2.29. The van der Waals surface area contributed by atoms with Gasteiger partial charge in [0.25, 0.3) is 0 Å². The number of carbonyl (C=O) groups is 1. The Labute approximate surface area is 158 Å². The molecule has 140 valence electrons. The van der Waals surface area contributed by atoms with E-state index in [1.54, 1.807) is 0 Å². The number of aromatic amines is 1. The summed E-state index contributed by atoms with van der Waals surface area (Å²) in [6.45, 7) is 3.51. The molecule has 0 saturated heterocycles. The van der Waals surface area contributed by atoms with E-state index in [0.717, 1.165) is 45.4 Å². The zero-order valence-electron chi connectivity index (χ0n) is 15.4. The van der Waals surface area contributed by atoms with Crippen LogP contribution in [0.25, 0.3) is 10.9 Å². The van der Waals surface area contributed by atoms with Crippen LogP contribution in [0.2, 0.25) is 0 Å². The van der Waals surface area contributed by atoms with Gasteiger partial charge in [-0.3, -0.25) is 14.4 Å². The second-order valence-corrected chi connectivity index (χ2v) is 7.80. The van der Waals surface area contributed by atoms with Crippen LogP contribution < -0.4 is 5.32 Å². The molecule has 1 fully saturated rings. The van der Waals surface area contributed by atoms with E-state index in [1.165, 1.54) is 22.2 Å². The number of aromatic nitrogens is 3. The first-order valence-corrected chi connectivity index (χ1v) is 9.85. The van der Waals surface area contributed by atoms with Crippen molar-refractivity contribution in [1.82, 2.24) is 25.0 Å². The first-order chi connectivity index (χ1) is 13.3. The van der Waals surface area contributed by atoms with Crippen molar-refractivity contribution in [3.05, 3.63) is 54.0 Å². The topological polar surface area (TPSA) is 66.0 Å². The van der Waals surface area contributed by atoms with Crippen LogP contribution >= 0.6 is 0 Å². The number of nitrogens with one attached hydrogen (secondary N) is 2. The lowest BCUT2D eigenvalue weighted by Gasteiger charge is -2.34. The molecule has 2 aliphatic rings. The SMILES string of the molecule is O=C(NCC[C@@H]1CN(Cc2cccc3[nH]ccc23)Cc2ccnn21)C1CC1. The van der Waals surface area contributed by atoms with Crippen molar-refractivity contribution < 1.29 is 4.79 Å². The maximum atomic E-state index is 11.9. The van der Waals surface area contributed by atoms with Crippen LogP contribution in [-0.2, 0) is 17.9 Å². The van der Waals surface area contributed by atoms with Crippen molar-refractivity contribution in [2.45, 2.75) is 38.4 Å². The second-order valence-electron chi connectivity index (χ2n) is 7.80. The van der Waals surface area contributed by atoms with E-state index < -0.39 is 0 Å². The maximum Gasteiger partial charge on any atom is 0.223 e. The molecule has 2 N–H and O–H groups in total. The van der Waals surface area contributed by atoms with Crippen molar-refractivity contribution in [3.63, 3.8) is 0 Å². The summed E-state index contributed by atoms with van der Waals surface area (Å²) in [7, 11) is 0. The normalized spacial score (nSPS) is 19.9. The number of benzene rings is 1. The fourth-order valence-electron chi connectivity index (χ4n) is 4.18. The van der Waals surface area contributed by atoms with Crippen LogP contribution in [0.3, 0.4) is 0 Å². The molecule has 0 bridgehead atoms. The van der Waals surface area contributed by atoms with Crippen LogP contribution in [0.1, 0.15) is 36.6 Å². The van der Waals surface area contributed by atoms with E-state index in [0.29, 0.717) is 6.04 Å². The maximum absolute atomic E-state index is 11.9. The van der Waals surface area contributed by atoms with Gasteiger partial charge in [0.1, 0.15) is 0 Å². The van der Waals surface area contributed by atoms with E-state index in [-0.39, 0.29) is 11.8 Å². The number of amides is 1. The fourth-order valence-corrected chi connectivity index (χ4v) is 4.18. The average molecular weight is 363 g/mol. The highest BCUT2D eigenvalue weighted by atomic mass is 16.2. The molecule has 1 aliphatic heterocycles. The smallest absolute Gasteiger partial charge is 0.223 e. The van der Waals surface area contributed by atoms with Crippen LogP contribution in [-0.4, -0.2) is 38.7 Å². The molecule has 3 heterocycles. The standard InChI is InChI=1S/C21H25N5O/c27-21(15-4-5-15)23-9-6-17-13-25(14-18-7-11-24-26(17)18)12-16-2-1-3-20-19(16)8-10-22-20/h1-3,7-8,10-11,15,17,22H,4-6,9,12-14H2,(H,23,27)/t17-/m1/s1. The van der Waals surface area contributed by atoms with Gasteiger partial charge in [-0.05, 0) is 43.0 Å². The highest BCUT2D eigenvalue weighted by molar-refractivity contribution is 5.82. The third-order valence-corrected chi connectivity index (χ3v) is 5.76. The van der Waals surface area contributed by atoms with Crippen molar-refractivity contribution in [3.8, 4) is 0 Å². The van der Waals surface area contributed by atoms with Gasteiger partial charge in [-0.15, -0.1) is 0 Å². The Morgan fingerprint density at radius 2 is 2.19 bits per heavy atom. The minimum Gasteiger partial charge on any atom is -0.361 e. The summed E-state index contributed by atoms with van der Waals surface area (Å²) in [6, 6.07) is 11.0. The number of rotatable bonds is 6. The Morgan fingerprint density at radius 3 is 3.07 bits per heavy atom. The number of carbonyl (C=O) groups excluding carboxylic acids is 1. The molecule has 0 spiro atoms. The molecule has 5 rings (SSSR count). The fraction of sp³-hybridized carbons (Fsp3) is 0.429. The zero-order chi connectivity index (χ0) is 18.2. The quantitative estimate of drug-likeness (QED) is 0.708. The first kappa shape index (κ1) is 16.6. The first-order valence-electron chi connectivity index (χ1n) is 9.85. The van der Waals surface area contributed by atoms with Gasteiger partial charge in [0, 0.05) is 55.4 Å². The summed E-state index contributed by atoms with van der Waals surface area (Å²) in [5.41, 5.74) is 3.79. The molecule has 1 aliphatic carbocycles. The molecule has 1 atom stereocenters. The molecule has 1 saturated carbocycles. The van der Waals surface area contributed by atoms with Gasteiger partial charge in [0.15, 0.2) is 0 Å². The third kappa shape index (κ3) is 3.37. The van der Waals surface area contributed by atoms with Crippen molar-refractivity contribution in [1.29, 1.82) is 0 Å². The van der Waals surface area contributed by atoms with E-state index >= 15 is 0 Å². The Morgan fingerprint density at radius 1 is 1.26 bits per heavy atom.